The molecule has 0 saturated carbocycles. The highest BCUT2D eigenvalue weighted by atomic mass is 35.5. The van der Waals surface area contributed by atoms with Crippen molar-refractivity contribution in [3.8, 4) is 11.3 Å². The van der Waals surface area contributed by atoms with Crippen LogP contribution in [0.15, 0.2) is 40.8 Å². The second-order valence-corrected chi connectivity index (χ2v) is 6.15. The average molecular weight is 318 g/mol. The molecular formula is C18H20ClNO2. The van der Waals surface area contributed by atoms with Crippen LogP contribution in [0.1, 0.15) is 31.4 Å². The molecule has 22 heavy (non-hydrogen) atoms. The Morgan fingerprint density at radius 2 is 1.77 bits per heavy atom. The van der Waals surface area contributed by atoms with Crippen LogP contribution in [-0.4, -0.2) is 23.9 Å². The van der Waals surface area contributed by atoms with E-state index >= 15 is 0 Å². The van der Waals surface area contributed by atoms with Crippen molar-refractivity contribution in [2.75, 3.05) is 13.1 Å². The van der Waals surface area contributed by atoms with Crippen molar-refractivity contribution >= 4 is 17.5 Å². The molecule has 1 aromatic heterocycles. The molecule has 1 aromatic carbocycles. The molecule has 1 fully saturated rings. The lowest BCUT2D eigenvalue weighted by Gasteiger charge is -2.26. The van der Waals surface area contributed by atoms with Gasteiger partial charge in [0.2, 0.25) is 5.91 Å². The Hall–Kier alpha value is -1.74. The number of furan rings is 1. The molecule has 4 heteroatoms. The summed E-state index contributed by atoms with van der Waals surface area (Å²) in [6, 6.07) is 11.5. The second-order valence-electron chi connectivity index (χ2n) is 5.71. The Bertz CT molecular complexity index is 627. The van der Waals surface area contributed by atoms with E-state index in [4.69, 9.17) is 16.0 Å². The topological polar surface area (TPSA) is 33.5 Å². The van der Waals surface area contributed by atoms with E-state index in [-0.39, 0.29) is 5.91 Å². The van der Waals surface area contributed by atoms with Gasteiger partial charge in [-0.2, -0.15) is 0 Å². The standard InChI is InChI=1S/C18H20ClNO2/c19-15-6-4-14(5-7-15)17-10-8-16(22-17)9-11-18(21)20-12-2-1-3-13-20/h4-8,10H,1-3,9,11-13H2. The molecule has 0 aliphatic carbocycles. The van der Waals surface area contributed by atoms with Crippen LogP contribution in [0, 0.1) is 0 Å². The highest BCUT2D eigenvalue weighted by Crippen LogP contribution is 2.24. The first-order valence-electron chi connectivity index (χ1n) is 7.85. The van der Waals surface area contributed by atoms with Crippen LogP contribution in [0.3, 0.4) is 0 Å². The lowest BCUT2D eigenvalue weighted by atomic mass is 10.1. The van der Waals surface area contributed by atoms with Crippen molar-refractivity contribution in [1.29, 1.82) is 0 Å². The monoisotopic (exact) mass is 317 g/mol. The number of amides is 1. The van der Waals surface area contributed by atoms with Gasteiger partial charge in [-0.3, -0.25) is 4.79 Å². The molecule has 1 aliphatic heterocycles. The highest BCUT2D eigenvalue weighted by Gasteiger charge is 2.16. The van der Waals surface area contributed by atoms with Crippen LogP contribution >= 0.6 is 11.6 Å². The first kappa shape index (κ1) is 15.2. The molecule has 0 N–H and O–H groups in total. The van der Waals surface area contributed by atoms with Gasteiger partial charge in [0.1, 0.15) is 11.5 Å². The lowest BCUT2D eigenvalue weighted by molar-refractivity contribution is -0.132. The van der Waals surface area contributed by atoms with Crippen molar-refractivity contribution in [3.05, 3.63) is 47.2 Å². The zero-order chi connectivity index (χ0) is 15.4. The molecule has 2 aromatic rings. The number of nitrogens with zero attached hydrogens (tertiary/aromatic N) is 1. The molecular weight excluding hydrogens is 298 g/mol. The summed E-state index contributed by atoms with van der Waals surface area (Å²) in [5.74, 6) is 1.91. The smallest absolute Gasteiger partial charge is 0.223 e. The SMILES string of the molecule is O=C(CCc1ccc(-c2ccc(Cl)cc2)o1)N1CCCCC1. The fraction of sp³-hybridized carbons (Fsp3) is 0.389. The summed E-state index contributed by atoms with van der Waals surface area (Å²) in [6.07, 6.45) is 4.68. The second kappa shape index (κ2) is 7.01. The van der Waals surface area contributed by atoms with Crippen LogP contribution < -0.4 is 0 Å². The van der Waals surface area contributed by atoms with Crippen LogP contribution in [0.2, 0.25) is 5.02 Å². The Labute approximate surface area is 135 Å². The van der Waals surface area contributed by atoms with Gasteiger partial charge in [0.15, 0.2) is 0 Å². The first-order valence-corrected chi connectivity index (χ1v) is 8.22. The molecule has 1 amide bonds. The number of likely N-dealkylation sites (tertiary alicyclic amines) is 1. The van der Waals surface area contributed by atoms with Gasteiger partial charge < -0.3 is 9.32 Å². The molecule has 0 atom stereocenters. The molecule has 116 valence electrons. The van der Waals surface area contributed by atoms with Crippen molar-refractivity contribution in [2.24, 2.45) is 0 Å². The number of aryl methyl sites for hydroxylation is 1. The zero-order valence-corrected chi connectivity index (χ0v) is 13.3. The van der Waals surface area contributed by atoms with Crippen LogP contribution in [0.25, 0.3) is 11.3 Å². The Morgan fingerprint density at radius 3 is 2.50 bits per heavy atom. The minimum absolute atomic E-state index is 0.240. The summed E-state index contributed by atoms with van der Waals surface area (Å²) < 4.78 is 5.83. The Morgan fingerprint density at radius 1 is 1.05 bits per heavy atom. The zero-order valence-electron chi connectivity index (χ0n) is 12.6. The van der Waals surface area contributed by atoms with E-state index in [0.717, 1.165) is 43.0 Å². The van der Waals surface area contributed by atoms with Gasteiger partial charge in [-0.25, -0.2) is 0 Å². The number of carbonyl (C=O) groups is 1. The summed E-state index contributed by atoms with van der Waals surface area (Å²) in [5.41, 5.74) is 0.998. The van der Waals surface area contributed by atoms with Crippen LogP contribution in [-0.2, 0) is 11.2 Å². The fourth-order valence-electron chi connectivity index (χ4n) is 2.81. The van der Waals surface area contributed by atoms with Crippen molar-refractivity contribution in [3.63, 3.8) is 0 Å². The first-order chi connectivity index (χ1) is 10.7. The van der Waals surface area contributed by atoms with Crippen molar-refractivity contribution < 1.29 is 9.21 Å². The summed E-state index contributed by atoms with van der Waals surface area (Å²) in [7, 11) is 0. The number of rotatable bonds is 4. The third-order valence-electron chi connectivity index (χ3n) is 4.08. The quantitative estimate of drug-likeness (QED) is 0.829. The number of benzene rings is 1. The number of halogens is 1. The van der Waals surface area contributed by atoms with E-state index in [0.29, 0.717) is 17.9 Å². The number of carbonyl (C=O) groups excluding carboxylic acids is 1. The Balaban J connectivity index is 1.57. The predicted octanol–water partition coefficient (Wildman–Crippen LogP) is 4.55. The summed E-state index contributed by atoms with van der Waals surface area (Å²) in [6.45, 7) is 1.82. The highest BCUT2D eigenvalue weighted by molar-refractivity contribution is 6.30. The Kier molecular flexibility index (Phi) is 4.84. The van der Waals surface area contributed by atoms with Gasteiger partial charge in [-0.05, 0) is 55.7 Å². The molecule has 0 bridgehead atoms. The van der Waals surface area contributed by atoms with Crippen molar-refractivity contribution in [2.45, 2.75) is 32.1 Å². The number of hydrogen-bond acceptors (Lipinski definition) is 2. The molecule has 1 saturated heterocycles. The molecule has 2 heterocycles. The maximum absolute atomic E-state index is 12.2. The van der Waals surface area contributed by atoms with Crippen LogP contribution in [0.5, 0.6) is 0 Å². The number of hydrogen-bond donors (Lipinski definition) is 0. The van der Waals surface area contributed by atoms with E-state index in [9.17, 15) is 4.79 Å². The number of piperidine rings is 1. The summed E-state index contributed by atoms with van der Waals surface area (Å²) >= 11 is 5.89. The maximum atomic E-state index is 12.2. The molecule has 0 radical (unpaired) electrons. The van der Waals surface area contributed by atoms with Gasteiger partial charge in [-0.1, -0.05) is 11.6 Å². The molecule has 0 unspecified atom stereocenters. The van der Waals surface area contributed by atoms with Gasteiger partial charge in [0.05, 0.1) is 0 Å². The maximum Gasteiger partial charge on any atom is 0.223 e. The van der Waals surface area contributed by atoms with Crippen LogP contribution in [0.4, 0.5) is 0 Å². The lowest BCUT2D eigenvalue weighted by Crippen LogP contribution is -2.35. The van der Waals surface area contributed by atoms with E-state index in [1.54, 1.807) is 0 Å². The summed E-state index contributed by atoms with van der Waals surface area (Å²) in [4.78, 5) is 14.1. The normalized spacial score (nSPS) is 15.0. The average Bonchev–Trinajstić information content (AvgIpc) is 3.03. The predicted molar refractivity (Wildman–Crippen MR) is 87.9 cm³/mol. The minimum Gasteiger partial charge on any atom is -0.461 e. The molecule has 3 rings (SSSR count). The largest absolute Gasteiger partial charge is 0.461 e. The van der Waals surface area contributed by atoms with E-state index in [1.165, 1.54) is 6.42 Å². The van der Waals surface area contributed by atoms with Gasteiger partial charge in [0.25, 0.3) is 0 Å². The minimum atomic E-state index is 0.240. The van der Waals surface area contributed by atoms with Gasteiger partial charge >= 0.3 is 0 Å². The van der Waals surface area contributed by atoms with Gasteiger partial charge in [0, 0.05) is 36.5 Å². The van der Waals surface area contributed by atoms with E-state index in [1.807, 2.05) is 41.3 Å². The van der Waals surface area contributed by atoms with E-state index < -0.39 is 0 Å². The summed E-state index contributed by atoms with van der Waals surface area (Å²) in [5, 5.41) is 0.711. The fourth-order valence-corrected chi connectivity index (χ4v) is 2.94. The van der Waals surface area contributed by atoms with E-state index in [2.05, 4.69) is 0 Å². The van der Waals surface area contributed by atoms with Gasteiger partial charge in [-0.15, -0.1) is 0 Å². The third kappa shape index (κ3) is 3.72. The van der Waals surface area contributed by atoms with Crippen molar-refractivity contribution in [1.82, 2.24) is 4.90 Å². The molecule has 0 spiro atoms. The molecule has 3 nitrogen and oxygen atoms in total. The third-order valence-corrected chi connectivity index (χ3v) is 4.34. The molecule has 1 aliphatic rings.